The van der Waals surface area contributed by atoms with Crippen LogP contribution in [0.5, 0.6) is 5.75 Å². The number of phenolic OH excluding ortho intramolecular Hbond substituents is 1. The number of nitrogens with one attached hydrogen (secondary N) is 2. The predicted molar refractivity (Wildman–Crippen MR) is 126 cm³/mol. The van der Waals surface area contributed by atoms with E-state index in [-0.39, 0.29) is 52.4 Å². The third kappa shape index (κ3) is 5.00. The van der Waals surface area contributed by atoms with E-state index in [4.69, 9.17) is 0 Å². The molecule has 8 heteroatoms. The van der Waals surface area contributed by atoms with Crippen molar-refractivity contribution in [2.45, 2.75) is 70.0 Å². The minimum absolute atomic E-state index is 0.00108. The Morgan fingerprint density at radius 1 is 1.12 bits per heavy atom. The Hall–Kier alpha value is -3.00. The first-order chi connectivity index (χ1) is 15.4. The fourth-order valence-corrected chi connectivity index (χ4v) is 5.27. The van der Waals surface area contributed by atoms with Gasteiger partial charge in [0.2, 0.25) is 5.91 Å². The number of carbonyl (C=O) groups excluding carboxylic acids is 1. The number of hydrogen-bond donors (Lipinski definition) is 3. The lowest BCUT2D eigenvalue weighted by molar-refractivity contribution is -0.120. The van der Waals surface area contributed by atoms with Gasteiger partial charge in [-0.15, -0.1) is 10.2 Å². The summed E-state index contributed by atoms with van der Waals surface area (Å²) in [5.41, 5.74) is 0.809. The molecule has 1 amide bonds. The second-order valence-electron chi connectivity index (χ2n) is 10.5. The van der Waals surface area contributed by atoms with Crippen LogP contribution < -0.4 is 15.5 Å². The maximum Gasteiger partial charge on any atom is 0.224 e. The van der Waals surface area contributed by atoms with Crippen molar-refractivity contribution in [3.8, 4) is 17.0 Å². The van der Waals surface area contributed by atoms with Gasteiger partial charge < -0.3 is 20.6 Å². The first-order valence-corrected chi connectivity index (χ1v) is 11.3. The van der Waals surface area contributed by atoms with Crippen molar-refractivity contribution >= 4 is 11.7 Å². The molecule has 1 aromatic carbocycles. The van der Waals surface area contributed by atoms with Crippen molar-refractivity contribution in [1.29, 1.82) is 0 Å². The van der Waals surface area contributed by atoms with Gasteiger partial charge in [-0.1, -0.05) is 6.08 Å². The minimum atomic E-state index is -0.596. The molecule has 3 N–H and O–H groups in total. The molecule has 1 aromatic heterocycles. The van der Waals surface area contributed by atoms with Crippen LogP contribution in [0.4, 0.5) is 10.2 Å². The molecule has 1 unspecified atom stereocenters. The summed E-state index contributed by atoms with van der Waals surface area (Å²) in [5, 5.41) is 25.4. The second kappa shape index (κ2) is 8.41. The molecule has 0 spiro atoms. The van der Waals surface area contributed by atoms with E-state index in [0.29, 0.717) is 11.4 Å². The van der Waals surface area contributed by atoms with Crippen LogP contribution in [0, 0.1) is 5.82 Å². The average molecular weight is 454 g/mol. The van der Waals surface area contributed by atoms with Crippen molar-refractivity contribution in [1.82, 2.24) is 20.8 Å². The van der Waals surface area contributed by atoms with Crippen molar-refractivity contribution in [2.75, 3.05) is 11.9 Å². The number of benzene rings is 1. The van der Waals surface area contributed by atoms with Gasteiger partial charge in [-0.3, -0.25) is 4.79 Å². The molecule has 7 nitrogen and oxygen atoms in total. The number of carbonyl (C=O) groups is 1. The number of anilines is 1. The summed E-state index contributed by atoms with van der Waals surface area (Å²) >= 11 is 0. The molecule has 0 bridgehead atoms. The molecule has 0 aliphatic carbocycles. The number of halogens is 1. The highest BCUT2D eigenvalue weighted by molar-refractivity contribution is 5.79. The zero-order valence-electron chi connectivity index (χ0n) is 19.8. The number of aromatic hydroxyl groups is 1. The van der Waals surface area contributed by atoms with Gasteiger partial charge in [0.05, 0.1) is 11.3 Å². The van der Waals surface area contributed by atoms with E-state index in [2.05, 4.69) is 53.4 Å². The monoisotopic (exact) mass is 453 g/mol. The van der Waals surface area contributed by atoms with Gasteiger partial charge in [0.1, 0.15) is 11.6 Å². The standard InChI is InChI=1S/C25H32FN5O2/c1-24(2)13-17(14-25(3,4)30-24)31(5)21-7-6-19(28-29-21)23-18(26)10-16(11-20(23)32)15-8-9-27-22(33)12-15/h6-11,15,17,30,32H,12-14H2,1-5H3,(H,27,33). The lowest BCUT2D eigenvalue weighted by Gasteiger charge is -2.49. The summed E-state index contributed by atoms with van der Waals surface area (Å²) in [6.45, 7) is 8.81. The van der Waals surface area contributed by atoms with Gasteiger partial charge in [0, 0.05) is 42.7 Å². The van der Waals surface area contributed by atoms with Crippen molar-refractivity contribution in [2.24, 2.45) is 0 Å². The van der Waals surface area contributed by atoms with E-state index in [1.54, 1.807) is 18.3 Å². The van der Waals surface area contributed by atoms with Gasteiger partial charge in [-0.2, -0.15) is 0 Å². The Morgan fingerprint density at radius 2 is 1.82 bits per heavy atom. The van der Waals surface area contributed by atoms with Crippen molar-refractivity contribution in [3.05, 3.63) is 47.9 Å². The summed E-state index contributed by atoms with van der Waals surface area (Å²) in [4.78, 5) is 13.8. The normalized spacial score (nSPS) is 22.1. The molecule has 4 rings (SSSR count). The number of piperidine rings is 1. The summed E-state index contributed by atoms with van der Waals surface area (Å²) in [5.74, 6) is -0.540. The van der Waals surface area contributed by atoms with E-state index in [1.165, 1.54) is 12.1 Å². The van der Waals surface area contributed by atoms with Gasteiger partial charge in [0.25, 0.3) is 0 Å². The zero-order chi connectivity index (χ0) is 24.0. The summed E-state index contributed by atoms with van der Waals surface area (Å²) in [6, 6.07) is 6.62. The van der Waals surface area contributed by atoms with Crippen LogP contribution in [0.2, 0.25) is 0 Å². The van der Waals surface area contributed by atoms with E-state index in [1.807, 2.05) is 13.1 Å². The Morgan fingerprint density at radius 3 is 2.39 bits per heavy atom. The molecule has 1 saturated heterocycles. The van der Waals surface area contributed by atoms with E-state index < -0.39 is 5.82 Å². The molecule has 176 valence electrons. The van der Waals surface area contributed by atoms with Gasteiger partial charge in [-0.25, -0.2) is 4.39 Å². The summed E-state index contributed by atoms with van der Waals surface area (Å²) < 4.78 is 15.0. The highest BCUT2D eigenvalue weighted by Crippen LogP contribution is 2.37. The SMILES string of the molecule is CN(c1ccc(-c2c(O)cc(C3C=CNC(=O)C3)cc2F)nn1)C1CC(C)(C)NC(C)(C)C1. The topological polar surface area (TPSA) is 90.4 Å². The molecule has 3 heterocycles. The first-order valence-electron chi connectivity index (χ1n) is 11.3. The van der Waals surface area contributed by atoms with E-state index in [0.717, 1.165) is 12.8 Å². The number of aromatic nitrogens is 2. The molecular formula is C25H32FN5O2. The average Bonchev–Trinajstić information content (AvgIpc) is 2.71. The molecule has 1 atom stereocenters. The number of amides is 1. The van der Waals surface area contributed by atoms with Crippen molar-refractivity contribution in [3.63, 3.8) is 0 Å². The smallest absolute Gasteiger partial charge is 0.224 e. The second-order valence-corrected chi connectivity index (χ2v) is 10.5. The van der Waals surface area contributed by atoms with Crippen LogP contribution in [0.25, 0.3) is 11.3 Å². The third-order valence-corrected chi connectivity index (χ3v) is 6.48. The van der Waals surface area contributed by atoms with Gasteiger partial charge >= 0.3 is 0 Å². The summed E-state index contributed by atoms with van der Waals surface area (Å²) in [7, 11) is 2.01. The lowest BCUT2D eigenvalue weighted by atomic mass is 9.79. The van der Waals surface area contributed by atoms with Crippen molar-refractivity contribution < 1.29 is 14.3 Å². The summed E-state index contributed by atoms with van der Waals surface area (Å²) in [6.07, 6.45) is 5.45. The van der Waals surface area contributed by atoms with Crippen LogP contribution in [0.15, 0.2) is 36.5 Å². The Kier molecular flexibility index (Phi) is 5.90. The largest absolute Gasteiger partial charge is 0.507 e. The van der Waals surface area contributed by atoms with Crippen LogP contribution in [-0.2, 0) is 4.79 Å². The Labute approximate surface area is 194 Å². The highest BCUT2D eigenvalue weighted by atomic mass is 19.1. The molecule has 33 heavy (non-hydrogen) atoms. The van der Waals surface area contributed by atoms with Crippen LogP contribution in [-0.4, -0.2) is 45.4 Å². The highest BCUT2D eigenvalue weighted by Gasteiger charge is 2.39. The third-order valence-electron chi connectivity index (χ3n) is 6.48. The minimum Gasteiger partial charge on any atom is -0.507 e. The first kappa shape index (κ1) is 23.2. The number of allylic oxidation sites excluding steroid dienone is 1. The number of hydrogen-bond acceptors (Lipinski definition) is 6. The molecule has 2 aliphatic rings. The fraction of sp³-hybridized carbons (Fsp3) is 0.480. The molecule has 1 fully saturated rings. The maximum atomic E-state index is 15.0. The lowest BCUT2D eigenvalue weighted by Crippen LogP contribution is -2.62. The quantitative estimate of drug-likeness (QED) is 0.652. The zero-order valence-corrected chi connectivity index (χ0v) is 19.8. The molecule has 2 aromatic rings. The number of nitrogens with zero attached hydrogens (tertiary/aromatic N) is 3. The molecule has 0 radical (unpaired) electrons. The maximum absolute atomic E-state index is 15.0. The van der Waals surface area contributed by atoms with Gasteiger partial charge in [0.15, 0.2) is 5.82 Å². The molecular weight excluding hydrogens is 421 g/mol. The Balaban J connectivity index is 1.56. The van der Waals surface area contributed by atoms with Crippen LogP contribution >= 0.6 is 0 Å². The van der Waals surface area contributed by atoms with Crippen LogP contribution in [0.3, 0.4) is 0 Å². The van der Waals surface area contributed by atoms with E-state index >= 15 is 0 Å². The number of phenols is 1. The predicted octanol–water partition coefficient (Wildman–Crippen LogP) is 3.85. The number of rotatable bonds is 4. The fourth-order valence-electron chi connectivity index (χ4n) is 5.27. The molecule has 0 saturated carbocycles. The van der Waals surface area contributed by atoms with Gasteiger partial charge in [-0.05, 0) is 70.4 Å². The van der Waals surface area contributed by atoms with Crippen LogP contribution in [0.1, 0.15) is 58.4 Å². The molecule has 2 aliphatic heterocycles. The Bertz CT molecular complexity index is 1040. The van der Waals surface area contributed by atoms with E-state index in [9.17, 15) is 14.3 Å².